The minimum Gasteiger partial charge on any atom is -0.465 e. The number of esters is 1. The molecule has 0 aromatic carbocycles. The van der Waals surface area contributed by atoms with E-state index in [-0.39, 0.29) is 12.0 Å². The van der Waals surface area contributed by atoms with Gasteiger partial charge >= 0.3 is 5.97 Å². The molecular weight excluding hydrogens is 238 g/mol. The van der Waals surface area contributed by atoms with Gasteiger partial charge in [-0.2, -0.15) is 0 Å². The maximum atomic E-state index is 10.9. The summed E-state index contributed by atoms with van der Waals surface area (Å²) in [5.74, 6) is -0.150. The van der Waals surface area contributed by atoms with Gasteiger partial charge in [0, 0.05) is 6.42 Å². The van der Waals surface area contributed by atoms with Gasteiger partial charge in [0.1, 0.15) is 0 Å². The second-order valence-electron chi connectivity index (χ2n) is 4.19. The normalized spacial score (nSPS) is 18.8. The Kier molecular flexibility index (Phi) is 7.25. The third kappa shape index (κ3) is 7.19. The van der Waals surface area contributed by atoms with E-state index in [2.05, 4.69) is 18.0 Å². The molecule has 0 saturated carbocycles. The first-order valence-electron chi connectivity index (χ1n) is 6.64. The maximum Gasteiger partial charge on any atom is 0.305 e. The van der Waals surface area contributed by atoms with Crippen molar-refractivity contribution in [2.24, 2.45) is 4.99 Å². The van der Waals surface area contributed by atoms with Crippen LogP contribution >= 0.6 is 0 Å². The van der Waals surface area contributed by atoms with Crippen LogP contribution in [0.5, 0.6) is 0 Å². The molecule has 1 atom stereocenters. The second-order valence-corrected chi connectivity index (χ2v) is 4.19. The summed E-state index contributed by atoms with van der Waals surface area (Å²) in [7, 11) is 0. The minimum absolute atomic E-state index is 0.150. The number of hydrogen-bond acceptors (Lipinski definition) is 3. The van der Waals surface area contributed by atoms with Gasteiger partial charge in [-0.05, 0) is 25.5 Å². The van der Waals surface area contributed by atoms with Crippen molar-refractivity contribution in [3.8, 4) is 0 Å². The number of aliphatic imine (C=N–C) groups is 1. The number of carbonyl (C=O) groups is 1. The zero-order valence-corrected chi connectivity index (χ0v) is 11.6. The molecule has 0 saturated heterocycles. The van der Waals surface area contributed by atoms with Crippen LogP contribution < -0.4 is 0 Å². The van der Waals surface area contributed by atoms with Crippen LogP contribution in [-0.2, 0) is 9.53 Å². The maximum absolute atomic E-state index is 10.9. The van der Waals surface area contributed by atoms with Crippen LogP contribution in [0.3, 0.4) is 0 Å². The molecule has 1 aliphatic heterocycles. The lowest BCUT2D eigenvalue weighted by atomic mass is 10.3. The molecule has 0 spiro atoms. The predicted octanol–water partition coefficient (Wildman–Crippen LogP) is 3.40. The zero-order valence-electron chi connectivity index (χ0n) is 11.6. The lowest BCUT2D eigenvalue weighted by Crippen LogP contribution is -2.02. The largest absolute Gasteiger partial charge is 0.465 e. The fourth-order valence-electron chi connectivity index (χ4n) is 1.47. The van der Waals surface area contributed by atoms with Crippen molar-refractivity contribution >= 4 is 11.7 Å². The number of rotatable bonds is 6. The summed E-state index contributed by atoms with van der Waals surface area (Å²) in [6.45, 7) is 4.28. The first-order valence-corrected chi connectivity index (χ1v) is 6.64. The summed E-state index contributed by atoms with van der Waals surface area (Å²) in [6.07, 6.45) is 17.0. The van der Waals surface area contributed by atoms with E-state index in [4.69, 9.17) is 4.74 Å². The van der Waals surface area contributed by atoms with Crippen molar-refractivity contribution in [3.63, 3.8) is 0 Å². The SMILES string of the molecule is CCC(=O)OCCC=CC=CC1=NC(C)C=CC=C1. The minimum atomic E-state index is -0.150. The molecule has 0 fully saturated rings. The predicted molar refractivity (Wildman–Crippen MR) is 79.3 cm³/mol. The summed E-state index contributed by atoms with van der Waals surface area (Å²) in [5.41, 5.74) is 0.958. The fraction of sp³-hybridized carbons (Fsp3) is 0.375. The molecule has 0 radical (unpaired) electrons. The zero-order chi connectivity index (χ0) is 13.9. The summed E-state index contributed by atoms with van der Waals surface area (Å²) in [4.78, 5) is 15.4. The van der Waals surface area contributed by atoms with Gasteiger partial charge in [-0.1, -0.05) is 43.4 Å². The highest BCUT2D eigenvalue weighted by atomic mass is 16.5. The molecule has 0 aromatic rings. The molecule has 0 bridgehead atoms. The van der Waals surface area contributed by atoms with Crippen LogP contribution in [0.25, 0.3) is 0 Å². The van der Waals surface area contributed by atoms with E-state index in [0.29, 0.717) is 13.0 Å². The van der Waals surface area contributed by atoms with Gasteiger partial charge in [-0.3, -0.25) is 9.79 Å². The van der Waals surface area contributed by atoms with Crippen molar-refractivity contribution in [2.75, 3.05) is 6.61 Å². The lowest BCUT2D eigenvalue weighted by molar-refractivity contribution is -0.143. The molecule has 1 heterocycles. The van der Waals surface area contributed by atoms with Crippen LogP contribution in [0.15, 0.2) is 53.6 Å². The average Bonchev–Trinajstić information content (AvgIpc) is 2.61. The monoisotopic (exact) mass is 259 g/mol. The Morgan fingerprint density at radius 1 is 1.42 bits per heavy atom. The molecule has 0 aromatic heterocycles. The molecule has 1 unspecified atom stereocenters. The van der Waals surface area contributed by atoms with E-state index in [1.54, 1.807) is 6.92 Å². The Hall–Kier alpha value is -1.90. The van der Waals surface area contributed by atoms with Crippen molar-refractivity contribution in [3.05, 3.63) is 48.6 Å². The molecule has 3 nitrogen and oxygen atoms in total. The van der Waals surface area contributed by atoms with Crippen molar-refractivity contribution < 1.29 is 9.53 Å². The Labute approximate surface area is 115 Å². The third-order valence-electron chi connectivity index (χ3n) is 2.47. The molecule has 1 aliphatic rings. The Morgan fingerprint density at radius 3 is 3.05 bits per heavy atom. The highest BCUT2D eigenvalue weighted by Crippen LogP contribution is 2.01. The van der Waals surface area contributed by atoms with Gasteiger partial charge in [0.2, 0.25) is 0 Å². The van der Waals surface area contributed by atoms with Crippen LogP contribution in [0.4, 0.5) is 0 Å². The van der Waals surface area contributed by atoms with Crippen LogP contribution in [0.1, 0.15) is 26.7 Å². The van der Waals surface area contributed by atoms with Gasteiger partial charge in [0.25, 0.3) is 0 Å². The number of hydrogen-bond donors (Lipinski definition) is 0. The second kappa shape index (κ2) is 9.09. The van der Waals surface area contributed by atoms with E-state index in [1.165, 1.54) is 0 Å². The van der Waals surface area contributed by atoms with Crippen molar-refractivity contribution in [2.45, 2.75) is 32.7 Å². The first-order chi connectivity index (χ1) is 9.22. The Balaban J connectivity index is 2.28. The molecular formula is C16H21NO2. The highest BCUT2D eigenvalue weighted by molar-refractivity contribution is 6.04. The fourth-order valence-corrected chi connectivity index (χ4v) is 1.47. The smallest absolute Gasteiger partial charge is 0.305 e. The topological polar surface area (TPSA) is 38.7 Å². The Morgan fingerprint density at radius 2 is 2.26 bits per heavy atom. The van der Waals surface area contributed by atoms with E-state index in [1.807, 2.05) is 42.5 Å². The van der Waals surface area contributed by atoms with Gasteiger partial charge in [0.05, 0.1) is 18.4 Å². The van der Waals surface area contributed by atoms with E-state index in [0.717, 1.165) is 12.1 Å². The van der Waals surface area contributed by atoms with Gasteiger partial charge < -0.3 is 4.74 Å². The average molecular weight is 259 g/mol. The first kappa shape index (κ1) is 15.2. The number of allylic oxidation sites excluding steroid dienone is 6. The number of carbonyl (C=O) groups excluding carboxylic acids is 1. The summed E-state index contributed by atoms with van der Waals surface area (Å²) < 4.78 is 4.96. The van der Waals surface area contributed by atoms with Gasteiger partial charge in [-0.25, -0.2) is 0 Å². The summed E-state index contributed by atoms with van der Waals surface area (Å²) in [6, 6.07) is 0.215. The summed E-state index contributed by atoms with van der Waals surface area (Å²) in [5, 5.41) is 0. The standard InChI is InChI=1S/C16H21NO2/c1-3-16(18)19-13-9-5-4-6-11-15-12-8-7-10-14(2)17-15/h4-8,10-12,14H,3,9,13H2,1-2H3. The van der Waals surface area contributed by atoms with Crippen LogP contribution in [-0.4, -0.2) is 24.3 Å². The van der Waals surface area contributed by atoms with Crippen LogP contribution in [0.2, 0.25) is 0 Å². The molecule has 0 aliphatic carbocycles. The van der Waals surface area contributed by atoms with E-state index in [9.17, 15) is 4.79 Å². The quantitative estimate of drug-likeness (QED) is 0.416. The Bertz CT molecular complexity index is 428. The number of nitrogens with zero attached hydrogens (tertiary/aromatic N) is 1. The van der Waals surface area contributed by atoms with Gasteiger partial charge in [0.15, 0.2) is 0 Å². The molecule has 1 rings (SSSR count). The molecule has 0 N–H and O–H groups in total. The van der Waals surface area contributed by atoms with E-state index >= 15 is 0 Å². The molecule has 0 amide bonds. The van der Waals surface area contributed by atoms with Crippen LogP contribution in [0, 0.1) is 0 Å². The highest BCUT2D eigenvalue weighted by Gasteiger charge is 1.96. The molecule has 3 heteroatoms. The summed E-state index contributed by atoms with van der Waals surface area (Å²) >= 11 is 0. The third-order valence-corrected chi connectivity index (χ3v) is 2.47. The van der Waals surface area contributed by atoms with Crippen molar-refractivity contribution in [1.82, 2.24) is 0 Å². The molecule has 19 heavy (non-hydrogen) atoms. The van der Waals surface area contributed by atoms with Crippen molar-refractivity contribution in [1.29, 1.82) is 0 Å². The lowest BCUT2D eigenvalue weighted by Gasteiger charge is -1.98. The van der Waals surface area contributed by atoms with Gasteiger partial charge in [-0.15, -0.1) is 0 Å². The number of ether oxygens (including phenoxy) is 1. The van der Waals surface area contributed by atoms with E-state index < -0.39 is 0 Å². The molecule has 102 valence electrons.